The summed E-state index contributed by atoms with van der Waals surface area (Å²) >= 11 is 0. The van der Waals surface area contributed by atoms with Crippen molar-refractivity contribution < 1.29 is 0 Å². The second-order valence-corrected chi connectivity index (χ2v) is 5.48. The summed E-state index contributed by atoms with van der Waals surface area (Å²) in [6.07, 6.45) is 2.93. The maximum absolute atomic E-state index is 4.51. The van der Waals surface area contributed by atoms with Crippen LogP contribution in [0.5, 0.6) is 0 Å². The van der Waals surface area contributed by atoms with Crippen molar-refractivity contribution in [3.8, 4) is 11.1 Å². The van der Waals surface area contributed by atoms with Gasteiger partial charge in [0, 0.05) is 37.1 Å². The Morgan fingerprint density at radius 2 is 1.82 bits per heavy atom. The molecule has 0 saturated heterocycles. The second kappa shape index (κ2) is 7.30. The molecule has 22 heavy (non-hydrogen) atoms. The summed E-state index contributed by atoms with van der Waals surface area (Å²) in [4.78, 5) is 6.93. The molecule has 0 unspecified atom stereocenters. The number of anilines is 2. The average molecular weight is 297 g/mol. The van der Waals surface area contributed by atoms with Crippen molar-refractivity contribution >= 4 is 11.4 Å². The van der Waals surface area contributed by atoms with Gasteiger partial charge >= 0.3 is 0 Å². The largest absolute Gasteiger partial charge is 0.387 e. The minimum Gasteiger partial charge on any atom is -0.387 e. The highest BCUT2D eigenvalue weighted by Gasteiger charge is 2.11. The fourth-order valence-corrected chi connectivity index (χ4v) is 2.85. The van der Waals surface area contributed by atoms with Gasteiger partial charge in [-0.3, -0.25) is 4.98 Å². The number of hydrogen-bond donors (Lipinski definition) is 1. The molecule has 0 aliphatic heterocycles. The summed E-state index contributed by atoms with van der Waals surface area (Å²) < 4.78 is 0. The predicted molar refractivity (Wildman–Crippen MR) is 96.9 cm³/mol. The van der Waals surface area contributed by atoms with E-state index >= 15 is 0 Å². The molecule has 1 N–H and O–H groups in total. The smallest absolute Gasteiger partial charge is 0.0530 e. The lowest BCUT2D eigenvalue weighted by Crippen LogP contribution is -2.23. The summed E-state index contributed by atoms with van der Waals surface area (Å²) in [5.74, 6) is 0. The third kappa shape index (κ3) is 3.24. The quantitative estimate of drug-likeness (QED) is 0.850. The van der Waals surface area contributed by atoms with Crippen LogP contribution in [0.4, 0.5) is 11.4 Å². The Hall–Kier alpha value is -2.03. The molecule has 0 bridgehead atoms. The molecular weight excluding hydrogens is 270 g/mol. The van der Waals surface area contributed by atoms with E-state index in [0.29, 0.717) is 0 Å². The standard InChI is InChI=1S/C19H27N3/c1-6-15-9-10-16(11-19(15)22(7-2)8-3)18-12-17(20-5)13-21-14(18)4/h9-13,20H,6-8H2,1-5H3. The zero-order valence-electron chi connectivity index (χ0n) is 14.4. The predicted octanol–water partition coefficient (Wildman–Crippen LogP) is 4.51. The first-order chi connectivity index (χ1) is 10.6. The number of nitrogens with zero attached hydrogens (tertiary/aromatic N) is 2. The molecule has 118 valence electrons. The summed E-state index contributed by atoms with van der Waals surface area (Å²) in [6, 6.07) is 8.97. The molecule has 3 nitrogen and oxygen atoms in total. The zero-order valence-corrected chi connectivity index (χ0v) is 14.4. The lowest BCUT2D eigenvalue weighted by molar-refractivity contribution is 0.856. The van der Waals surface area contributed by atoms with E-state index < -0.39 is 0 Å². The molecule has 0 fully saturated rings. The fourth-order valence-electron chi connectivity index (χ4n) is 2.85. The number of aryl methyl sites for hydroxylation is 2. The van der Waals surface area contributed by atoms with E-state index in [2.05, 4.69) is 67.2 Å². The average Bonchev–Trinajstić information content (AvgIpc) is 2.56. The second-order valence-electron chi connectivity index (χ2n) is 5.48. The third-order valence-corrected chi connectivity index (χ3v) is 4.26. The van der Waals surface area contributed by atoms with Gasteiger partial charge in [-0.05, 0) is 50.5 Å². The fraction of sp³-hybridized carbons (Fsp3) is 0.421. The number of rotatable bonds is 6. The van der Waals surface area contributed by atoms with Crippen LogP contribution in [-0.2, 0) is 6.42 Å². The molecule has 0 radical (unpaired) electrons. The van der Waals surface area contributed by atoms with Gasteiger partial charge in [0.1, 0.15) is 0 Å². The van der Waals surface area contributed by atoms with E-state index in [-0.39, 0.29) is 0 Å². The van der Waals surface area contributed by atoms with Gasteiger partial charge in [0.2, 0.25) is 0 Å². The molecule has 0 saturated carbocycles. The summed E-state index contributed by atoms with van der Waals surface area (Å²) in [5, 5.41) is 3.17. The Morgan fingerprint density at radius 1 is 1.09 bits per heavy atom. The van der Waals surface area contributed by atoms with Crippen LogP contribution >= 0.6 is 0 Å². The van der Waals surface area contributed by atoms with Crippen LogP contribution < -0.4 is 10.2 Å². The lowest BCUT2D eigenvalue weighted by Gasteiger charge is -2.25. The van der Waals surface area contributed by atoms with Crippen molar-refractivity contribution in [3.63, 3.8) is 0 Å². The van der Waals surface area contributed by atoms with Crippen molar-refractivity contribution in [1.29, 1.82) is 0 Å². The normalized spacial score (nSPS) is 10.6. The van der Waals surface area contributed by atoms with E-state index in [1.165, 1.54) is 22.4 Å². The summed E-state index contributed by atoms with van der Waals surface area (Å²) in [5.41, 5.74) is 7.30. The highest BCUT2D eigenvalue weighted by molar-refractivity contribution is 5.74. The van der Waals surface area contributed by atoms with Crippen molar-refractivity contribution in [2.75, 3.05) is 30.4 Å². The first-order valence-corrected chi connectivity index (χ1v) is 8.17. The molecule has 2 rings (SSSR count). The minimum atomic E-state index is 1.03. The topological polar surface area (TPSA) is 28.2 Å². The van der Waals surface area contributed by atoms with Gasteiger partial charge in [-0.1, -0.05) is 19.1 Å². The number of aromatic nitrogens is 1. The molecule has 0 aliphatic carbocycles. The van der Waals surface area contributed by atoms with Gasteiger partial charge < -0.3 is 10.2 Å². The highest BCUT2D eigenvalue weighted by Crippen LogP contribution is 2.31. The van der Waals surface area contributed by atoms with Crippen LogP contribution in [0.15, 0.2) is 30.5 Å². The zero-order chi connectivity index (χ0) is 16.1. The maximum atomic E-state index is 4.51. The minimum absolute atomic E-state index is 1.03. The number of benzene rings is 1. The molecule has 0 amide bonds. The molecule has 0 spiro atoms. The van der Waals surface area contributed by atoms with E-state index in [4.69, 9.17) is 0 Å². The van der Waals surface area contributed by atoms with Crippen molar-refractivity contribution in [3.05, 3.63) is 41.7 Å². The van der Waals surface area contributed by atoms with Gasteiger partial charge in [0.15, 0.2) is 0 Å². The molecule has 0 aliphatic rings. The summed E-state index contributed by atoms with van der Waals surface area (Å²) in [6.45, 7) is 10.8. The van der Waals surface area contributed by atoms with Crippen LogP contribution in [0.1, 0.15) is 32.0 Å². The highest BCUT2D eigenvalue weighted by atomic mass is 15.1. The molecule has 3 heteroatoms. The van der Waals surface area contributed by atoms with E-state index in [1.54, 1.807) is 0 Å². The van der Waals surface area contributed by atoms with Gasteiger partial charge in [0.25, 0.3) is 0 Å². The molecule has 1 aromatic heterocycles. The first-order valence-electron chi connectivity index (χ1n) is 8.17. The van der Waals surface area contributed by atoms with Gasteiger partial charge in [0.05, 0.1) is 11.9 Å². The van der Waals surface area contributed by atoms with Gasteiger partial charge in [-0.15, -0.1) is 0 Å². The van der Waals surface area contributed by atoms with Gasteiger partial charge in [-0.25, -0.2) is 0 Å². The SMILES string of the molecule is CCc1ccc(-c2cc(NC)cnc2C)cc1N(CC)CC. The molecule has 0 atom stereocenters. The first kappa shape index (κ1) is 16.3. The number of nitrogens with one attached hydrogen (secondary N) is 1. The molecule has 2 aromatic rings. The Labute approximate surface area is 134 Å². The Bertz CT molecular complexity index is 631. The Morgan fingerprint density at radius 3 is 2.41 bits per heavy atom. The van der Waals surface area contributed by atoms with Crippen LogP contribution in [-0.4, -0.2) is 25.1 Å². The monoisotopic (exact) mass is 297 g/mol. The Balaban J connectivity index is 2.55. The van der Waals surface area contributed by atoms with E-state index in [1.807, 2.05) is 13.2 Å². The van der Waals surface area contributed by atoms with Crippen LogP contribution in [0, 0.1) is 6.92 Å². The van der Waals surface area contributed by atoms with Gasteiger partial charge in [-0.2, -0.15) is 0 Å². The molecular formula is C19H27N3. The van der Waals surface area contributed by atoms with Crippen molar-refractivity contribution in [2.45, 2.75) is 34.1 Å². The van der Waals surface area contributed by atoms with Crippen molar-refractivity contribution in [1.82, 2.24) is 4.98 Å². The lowest BCUT2D eigenvalue weighted by atomic mass is 9.99. The third-order valence-electron chi connectivity index (χ3n) is 4.26. The molecule has 1 heterocycles. The van der Waals surface area contributed by atoms with Crippen LogP contribution in [0.2, 0.25) is 0 Å². The van der Waals surface area contributed by atoms with E-state index in [0.717, 1.165) is 30.9 Å². The van der Waals surface area contributed by atoms with Crippen LogP contribution in [0.25, 0.3) is 11.1 Å². The Kier molecular flexibility index (Phi) is 5.42. The number of hydrogen-bond acceptors (Lipinski definition) is 3. The maximum Gasteiger partial charge on any atom is 0.0530 e. The van der Waals surface area contributed by atoms with E-state index in [9.17, 15) is 0 Å². The summed E-state index contributed by atoms with van der Waals surface area (Å²) in [7, 11) is 1.93. The van der Waals surface area contributed by atoms with Crippen molar-refractivity contribution in [2.24, 2.45) is 0 Å². The number of pyridine rings is 1. The van der Waals surface area contributed by atoms with Crippen LogP contribution in [0.3, 0.4) is 0 Å². The molecule has 1 aromatic carbocycles.